The third-order valence-electron chi connectivity index (χ3n) is 5.87. The zero-order valence-electron chi connectivity index (χ0n) is 21.8. The maximum absolute atomic E-state index is 13.9. The molecule has 0 spiro atoms. The van der Waals surface area contributed by atoms with Gasteiger partial charge >= 0.3 is 0 Å². The largest absolute Gasteiger partial charge is 0.354 e. The van der Waals surface area contributed by atoms with Gasteiger partial charge in [0.05, 0.1) is 10.6 Å². The van der Waals surface area contributed by atoms with Gasteiger partial charge in [0.2, 0.25) is 11.8 Å². The molecule has 1 atom stereocenters. The van der Waals surface area contributed by atoms with Crippen molar-refractivity contribution >= 4 is 62.3 Å². The van der Waals surface area contributed by atoms with E-state index in [9.17, 15) is 18.0 Å². The van der Waals surface area contributed by atoms with Crippen LogP contribution in [0.4, 0.5) is 5.69 Å². The summed E-state index contributed by atoms with van der Waals surface area (Å²) in [6.45, 7) is 5.43. The molecule has 0 aliphatic heterocycles. The van der Waals surface area contributed by atoms with Gasteiger partial charge in [-0.05, 0) is 73.0 Å². The van der Waals surface area contributed by atoms with Gasteiger partial charge in [0.25, 0.3) is 10.0 Å². The number of sulfonamides is 1. The van der Waals surface area contributed by atoms with Crippen molar-refractivity contribution in [3.8, 4) is 0 Å². The van der Waals surface area contributed by atoms with Gasteiger partial charge in [0, 0.05) is 28.2 Å². The molecule has 1 N–H and O–H groups in total. The molecule has 0 radical (unpaired) electrons. The monoisotopic (exact) mass is 609 g/mol. The summed E-state index contributed by atoms with van der Waals surface area (Å²) in [6, 6.07) is 17.9. The van der Waals surface area contributed by atoms with E-state index in [0.29, 0.717) is 27.2 Å². The molecule has 11 heteroatoms. The SMILES string of the molecule is CC(C)CNC(=O)[C@@H](C)N(Cc1cccc(Cl)c1)C(=O)CN(c1cccc(Cl)c1)S(=O)(=O)c1ccc(Cl)cc1. The van der Waals surface area contributed by atoms with Gasteiger partial charge in [-0.2, -0.15) is 0 Å². The normalized spacial score (nSPS) is 12.2. The average molecular weight is 611 g/mol. The predicted molar refractivity (Wildman–Crippen MR) is 157 cm³/mol. The second-order valence-corrected chi connectivity index (χ2v) is 12.6. The lowest BCUT2D eigenvalue weighted by Crippen LogP contribution is -2.51. The summed E-state index contributed by atoms with van der Waals surface area (Å²) >= 11 is 18.3. The molecular formula is C28H30Cl3N3O4S. The highest BCUT2D eigenvalue weighted by molar-refractivity contribution is 7.92. The van der Waals surface area contributed by atoms with E-state index in [4.69, 9.17) is 34.8 Å². The summed E-state index contributed by atoms with van der Waals surface area (Å²) in [5.41, 5.74) is 0.889. The number of benzene rings is 3. The Morgan fingerprint density at radius 1 is 0.846 bits per heavy atom. The number of rotatable bonds is 11. The second-order valence-electron chi connectivity index (χ2n) is 9.41. The Balaban J connectivity index is 2.01. The van der Waals surface area contributed by atoms with E-state index >= 15 is 0 Å². The minimum absolute atomic E-state index is 0.0417. The number of hydrogen-bond acceptors (Lipinski definition) is 4. The van der Waals surface area contributed by atoms with Crippen molar-refractivity contribution < 1.29 is 18.0 Å². The first-order valence-electron chi connectivity index (χ1n) is 12.2. The lowest BCUT2D eigenvalue weighted by molar-refractivity contribution is -0.139. The Morgan fingerprint density at radius 3 is 2.05 bits per heavy atom. The maximum Gasteiger partial charge on any atom is 0.264 e. The van der Waals surface area contributed by atoms with Crippen LogP contribution < -0.4 is 9.62 Å². The molecule has 0 aromatic heterocycles. The minimum atomic E-state index is -4.22. The van der Waals surface area contributed by atoms with E-state index in [1.165, 1.54) is 35.2 Å². The van der Waals surface area contributed by atoms with Gasteiger partial charge < -0.3 is 10.2 Å². The topological polar surface area (TPSA) is 86.8 Å². The molecule has 0 heterocycles. The van der Waals surface area contributed by atoms with Crippen LogP contribution in [0.5, 0.6) is 0 Å². The van der Waals surface area contributed by atoms with Crippen LogP contribution in [-0.4, -0.2) is 44.3 Å². The number of carbonyl (C=O) groups excluding carboxylic acids is 2. The van der Waals surface area contributed by atoms with Gasteiger partial charge in [-0.3, -0.25) is 13.9 Å². The Hall–Kier alpha value is -2.78. The Labute approximate surface area is 244 Å². The van der Waals surface area contributed by atoms with Crippen molar-refractivity contribution in [1.82, 2.24) is 10.2 Å². The van der Waals surface area contributed by atoms with Crippen LogP contribution in [-0.2, 0) is 26.2 Å². The minimum Gasteiger partial charge on any atom is -0.354 e. The first kappa shape index (κ1) is 30.8. The van der Waals surface area contributed by atoms with E-state index in [1.807, 2.05) is 13.8 Å². The third kappa shape index (κ3) is 8.35. The lowest BCUT2D eigenvalue weighted by Gasteiger charge is -2.32. The number of carbonyl (C=O) groups is 2. The summed E-state index contributed by atoms with van der Waals surface area (Å²) in [7, 11) is -4.22. The molecule has 3 aromatic rings. The van der Waals surface area contributed by atoms with Gasteiger partial charge in [-0.25, -0.2) is 8.42 Å². The standard InChI is InChI=1S/C28H30Cl3N3O4S/c1-19(2)16-32-28(36)20(3)33(17-21-6-4-7-23(30)14-21)27(35)18-34(25-9-5-8-24(31)15-25)39(37,38)26-12-10-22(29)11-13-26/h4-15,19-20H,16-18H2,1-3H3,(H,32,36)/t20-/m1/s1. The first-order chi connectivity index (χ1) is 18.4. The van der Waals surface area contributed by atoms with Crippen molar-refractivity contribution in [2.75, 3.05) is 17.4 Å². The molecule has 0 fully saturated rings. The van der Waals surface area contributed by atoms with Crippen LogP contribution in [0.1, 0.15) is 26.3 Å². The van der Waals surface area contributed by atoms with Gasteiger partial charge in [0.15, 0.2) is 0 Å². The number of hydrogen-bond donors (Lipinski definition) is 1. The fraction of sp³-hybridized carbons (Fsp3) is 0.286. The molecule has 0 bridgehead atoms. The van der Waals surface area contributed by atoms with Crippen LogP contribution in [0.15, 0.2) is 77.7 Å². The second kappa shape index (κ2) is 13.5. The summed E-state index contributed by atoms with van der Waals surface area (Å²) in [6.07, 6.45) is 0. The molecule has 208 valence electrons. The lowest BCUT2D eigenvalue weighted by atomic mass is 10.1. The summed E-state index contributed by atoms with van der Waals surface area (Å²) < 4.78 is 28.5. The highest BCUT2D eigenvalue weighted by atomic mass is 35.5. The number of amides is 2. The number of nitrogens with one attached hydrogen (secondary N) is 1. The molecule has 7 nitrogen and oxygen atoms in total. The maximum atomic E-state index is 13.9. The highest BCUT2D eigenvalue weighted by Gasteiger charge is 2.32. The highest BCUT2D eigenvalue weighted by Crippen LogP contribution is 2.27. The van der Waals surface area contributed by atoms with E-state index in [0.717, 1.165) is 4.31 Å². The fourth-order valence-corrected chi connectivity index (χ4v) is 5.69. The number of nitrogens with zero attached hydrogens (tertiary/aromatic N) is 2. The summed E-state index contributed by atoms with van der Waals surface area (Å²) in [5, 5.41) is 3.99. The van der Waals surface area contributed by atoms with Gasteiger partial charge in [0.1, 0.15) is 12.6 Å². The fourth-order valence-electron chi connectivity index (χ4n) is 3.76. The molecule has 39 heavy (non-hydrogen) atoms. The smallest absolute Gasteiger partial charge is 0.264 e. The molecule has 2 amide bonds. The van der Waals surface area contributed by atoms with E-state index in [-0.39, 0.29) is 29.0 Å². The summed E-state index contributed by atoms with van der Waals surface area (Å²) in [4.78, 5) is 28.2. The van der Waals surface area contributed by atoms with Crippen LogP contribution >= 0.6 is 34.8 Å². The third-order valence-corrected chi connectivity index (χ3v) is 8.38. The molecular weight excluding hydrogens is 581 g/mol. The van der Waals surface area contributed by atoms with E-state index in [1.54, 1.807) is 49.4 Å². The summed E-state index contributed by atoms with van der Waals surface area (Å²) in [5.74, 6) is -0.727. The molecule has 0 saturated carbocycles. The Bertz CT molecular complexity index is 1420. The predicted octanol–water partition coefficient (Wildman–Crippen LogP) is 6.03. The van der Waals surface area contributed by atoms with Crippen molar-refractivity contribution in [3.63, 3.8) is 0 Å². The zero-order chi connectivity index (χ0) is 28.7. The van der Waals surface area contributed by atoms with Crippen molar-refractivity contribution in [2.24, 2.45) is 5.92 Å². The first-order valence-corrected chi connectivity index (χ1v) is 14.8. The average Bonchev–Trinajstić information content (AvgIpc) is 2.88. The van der Waals surface area contributed by atoms with Gasteiger partial charge in [-0.15, -0.1) is 0 Å². The van der Waals surface area contributed by atoms with Crippen LogP contribution in [0.25, 0.3) is 0 Å². The van der Waals surface area contributed by atoms with Crippen molar-refractivity contribution in [1.29, 1.82) is 0 Å². The van der Waals surface area contributed by atoms with E-state index in [2.05, 4.69) is 5.32 Å². The van der Waals surface area contributed by atoms with Crippen molar-refractivity contribution in [2.45, 2.75) is 38.3 Å². The zero-order valence-corrected chi connectivity index (χ0v) is 24.9. The number of anilines is 1. The van der Waals surface area contributed by atoms with Crippen molar-refractivity contribution in [3.05, 3.63) is 93.4 Å². The molecule has 0 aliphatic rings. The molecule has 3 rings (SSSR count). The van der Waals surface area contributed by atoms with E-state index < -0.39 is 28.5 Å². The molecule has 0 saturated heterocycles. The van der Waals surface area contributed by atoms with Crippen LogP contribution in [0.2, 0.25) is 15.1 Å². The van der Waals surface area contributed by atoms with Crippen LogP contribution in [0, 0.1) is 5.92 Å². The Morgan fingerprint density at radius 2 is 1.46 bits per heavy atom. The molecule has 0 unspecified atom stereocenters. The number of halogens is 3. The quantitative estimate of drug-likeness (QED) is 0.287. The molecule has 0 aliphatic carbocycles. The molecule has 3 aromatic carbocycles. The van der Waals surface area contributed by atoms with Crippen LogP contribution in [0.3, 0.4) is 0 Å². The Kier molecular flexibility index (Phi) is 10.7. The van der Waals surface area contributed by atoms with Gasteiger partial charge in [-0.1, -0.05) is 66.8 Å².